The van der Waals surface area contributed by atoms with Crippen LogP contribution in [0, 0.1) is 0 Å². The average molecular weight is 469 g/mol. The van der Waals surface area contributed by atoms with Crippen molar-refractivity contribution in [2.75, 3.05) is 0 Å². The minimum Gasteiger partial charge on any atom is -0.103 e. The maximum atomic E-state index is 3.89. The second-order valence-electron chi connectivity index (χ2n) is 10.7. The summed E-state index contributed by atoms with van der Waals surface area (Å²) >= 11 is 0. The molecule has 0 fully saturated rings. The van der Waals surface area contributed by atoms with Gasteiger partial charge in [0.25, 0.3) is 0 Å². The summed E-state index contributed by atoms with van der Waals surface area (Å²) in [4.78, 5) is 0. The van der Waals surface area contributed by atoms with Crippen LogP contribution >= 0.6 is 0 Å². The Balaban J connectivity index is 1.31. The highest BCUT2D eigenvalue weighted by molar-refractivity contribution is 5.79. The van der Waals surface area contributed by atoms with E-state index in [9.17, 15) is 0 Å². The number of allylic oxidation sites excluding steroid dienone is 1. The van der Waals surface area contributed by atoms with Crippen LogP contribution in [0.5, 0.6) is 0 Å². The normalized spacial score (nSPS) is 13.6. The van der Waals surface area contributed by atoms with E-state index in [4.69, 9.17) is 0 Å². The number of benzene rings is 4. The van der Waals surface area contributed by atoms with E-state index in [-0.39, 0.29) is 0 Å². The van der Waals surface area contributed by atoms with Gasteiger partial charge in [0.1, 0.15) is 0 Å². The van der Waals surface area contributed by atoms with Crippen LogP contribution in [0.15, 0.2) is 97.6 Å². The van der Waals surface area contributed by atoms with Crippen LogP contribution in [0.1, 0.15) is 77.8 Å². The molecule has 6 rings (SSSR count). The molecule has 0 heterocycles. The summed E-state index contributed by atoms with van der Waals surface area (Å²) in [6.45, 7) is 3.89. The molecule has 0 saturated carbocycles. The molecular weight excluding hydrogens is 432 g/mol. The first-order valence-corrected chi connectivity index (χ1v) is 13.8. The van der Waals surface area contributed by atoms with E-state index in [1.54, 1.807) is 22.3 Å². The lowest BCUT2D eigenvalue weighted by Crippen LogP contribution is -2.08. The van der Waals surface area contributed by atoms with Crippen molar-refractivity contribution >= 4 is 0 Å². The van der Waals surface area contributed by atoms with Crippen LogP contribution in [0.3, 0.4) is 0 Å². The van der Waals surface area contributed by atoms with E-state index < -0.39 is 0 Å². The van der Waals surface area contributed by atoms with E-state index >= 15 is 0 Å². The lowest BCUT2D eigenvalue weighted by molar-refractivity contribution is 0.543. The summed E-state index contributed by atoms with van der Waals surface area (Å²) in [6, 6.07) is 32.1. The van der Waals surface area contributed by atoms with E-state index in [1.165, 1.54) is 65.5 Å². The van der Waals surface area contributed by atoms with Crippen molar-refractivity contribution in [3.63, 3.8) is 0 Å². The first kappa shape index (κ1) is 23.0. The SMILES string of the molecule is C=CCCCCCCC(Cc1cccc2c1Cc1ccccc1-2)c1cccc2c1Cc1ccccc1-2. The Kier molecular flexibility index (Phi) is 6.60. The van der Waals surface area contributed by atoms with Gasteiger partial charge in [0.15, 0.2) is 0 Å². The maximum absolute atomic E-state index is 3.89. The number of unbranched alkanes of at least 4 members (excludes halogenated alkanes) is 4. The number of hydrogen-bond donors (Lipinski definition) is 0. The molecule has 4 aromatic carbocycles. The Morgan fingerprint density at radius 2 is 1.22 bits per heavy atom. The number of hydrogen-bond acceptors (Lipinski definition) is 0. The van der Waals surface area contributed by atoms with Crippen molar-refractivity contribution in [1.82, 2.24) is 0 Å². The fraction of sp³-hybridized carbons (Fsp3) is 0.278. The van der Waals surface area contributed by atoms with Gasteiger partial charge >= 0.3 is 0 Å². The van der Waals surface area contributed by atoms with Gasteiger partial charge in [-0.1, -0.05) is 110 Å². The van der Waals surface area contributed by atoms with Crippen LogP contribution in [-0.4, -0.2) is 0 Å². The van der Waals surface area contributed by atoms with Gasteiger partial charge in [0, 0.05) is 0 Å². The Labute approximate surface area is 216 Å². The zero-order valence-corrected chi connectivity index (χ0v) is 21.3. The standard InChI is InChI=1S/C36H36/c1-2-3-4-5-6-7-14-26(32-20-13-22-34-31-19-11-9-16-29(31)25-36(32)34)23-27-17-12-21-33-30-18-10-8-15-28(30)24-35(27)33/h2,8-13,15-22,26H,1,3-7,14,23-25H2. The predicted octanol–water partition coefficient (Wildman–Crippen LogP) is 9.68. The van der Waals surface area contributed by atoms with Gasteiger partial charge in [0.05, 0.1) is 0 Å². The van der Waals surface area contributed by atoms with Crippen molar-refractivity contribution in [3.8, 4) is 22.3 Å². The molecule has 0 aliphatic heterocycles. The lowest BCUT2D eigenvalue weighted by atomic mass is 9.82. The highest BCUT2D eigenvalue weighted by atomic mass is 14.3. The highest BCUT2D eigenvalue weighted by Crippen LogP contribution is 2.44. The van der Waals surface area contributed by atoms with Crippen molar-refractivity contribution in [2.45, 2.75) is 63.7 Å². The smallest absolute Gasteiger partial charge is 0.00106 e. The molecule has 0 aromatic heterocycles. The van der Waals surface area contributed by atoms with E-state index in [0.29, 0.717) is 5.92 Å². The Bertz CT molecular complexity index is 1390. The van der Waals surface area contributed by atoms with E-state index in [2.05, 4.69) is 97.6 Å². The summed E-state index contributed by atoms with van der Waals surface area (Å²) in [6.07, 6.45) is 13.0. The van der Waals surface area contributed by atoms with Gasteiger partial charge in [-0.25, -0.2) is 0 Å². The molecule has 0 bridgehead atoms. The molecular formula is C36H36. The topological polar surface area (TPSA) is 0 Å². The van der Waals surface area contributed by atoms with Crippen LogP contribution in [0.25, 0.3) is 22.3 Å². The first-order chi connectivity index (χ1) is 17.8. The van der Waals surface area contributed by atoms with E-state index in [0.717, 1.165) is 25.7 Å². The summed E-state index contributed by atoms with van der Waals surface area (Å²) in [5, 5.41) is 0. The van der Waals surface area contributed by atoms with Crippen LogP contribution in [0.2, 0.25) is 0 Å². The molecule has 0 nitrogen and oxygen atoms in total. The van der Waals surface area contributed by atoms with Gasteiger partial charge in [0.2, 0.25) is 0 Å². The van der Waals surface area contributed by atoms with Gasteiger partial charge in [-0.15, -0.1) is 6.58 Å². The van der Waals surface area contributed by atoms with Crippen LogP contribution in [-0.2, 0) is 19.3 Å². The highest BCUT2D eigenvalue weighted by Gasteiger charge is 2.26. The Morgan fingerprint density at radius 1 is 0.611 bits per heavy atom. The molecule has 1 atom stereocenters. The van der Waals surface area contributed by atoms with Crippen molar-refractivity contribution in [1.29, 1.82) is 0 Å². The molecule has 0 amide bonds. The summed E-state index contributed by atoms with van der Waals surface area (Å²) < 4.78 is 0. The third-order valence-corrected chi connectivity index (χ3v) is 8.45. The summed E-state index contributed by atoms with van der Waals surface area (Å²) in [7, 11) is 0. The molecule has 0 radical (unpaired) electrons. The third kappa shape index (κ3) is 4.35. The molecule has 0 heteroatoms. The Morgan fingerprint density at radius 3 is 1.97 bits per heavy atom. The first-order valence-electron chi connectivity index (χ1n) is 13.8. The molecule has 36 heavy (non-hydrogen) atoms. The molecule has 2 aliphatic carbocycles. The van der Waals surface area contributed by atoms with Crippen LogP contribution in [0.4, 0.5) is 0 Å². The minimum absolute atomic E-state index is 0.559. The van der Waals surface area contributed by atoms with Gasteiger partial charge < -0.3 is 0 Å². The average Bonchev–Trinajstić information content (AvgIpc) is 3.49. The van der Waals surface area contributed by atoms with Crippen LogP contribution < -0.4 is 0 Å². The molecule has 2 aliphatic rings. The second-order valence-corrected chi connectivity index (χ2v) is 10.7. The number of rotatable bonds is 10. The lowest BCUT2D eigenvalue weighted by Gasteiger charge is -2.22. The molecule has 0 N–H and O–H groups in total. The molecule has 4 aromatic rings. The fourth-order valence-electron chi connectivity index (χ4n) is 6.65. The summed E-state index contributed by atoms with van der Waals surface area (Å²) in [5.41, 5.74) is 15.0. The monoisotopic (exact) mass is 468 g/mol. The fourth-order valence-corrected chi connectivity index (χ4v) is 6.65. The van der Waals surface area contributed by atoms with E-state index in [1.807, 2.05) is 0 Å². The third-order valence-electron chi connectivity index (χ3n) is 8.45. The zero-order chi connectivity index (χ0) is 24.3. The van der Waals surface area contributed by atoms with Crippen molar-refractivity contribution in [3.05, 3.63) is 131 Å². The summed E-state index contributed by atoms with van der Waals surface area (Å²) in [5.74, 6) is 0.559. The Hall–Kier alpha value is -3.38. The minimum atomic E-state index is 0.559. The van der Waals surface area contributed by atoms with Gasteiger partial charge in [-0.3, -0.25) is 0 Å². The molecule has 1 unspecified atom stereocenters. The quantitative estimate of drug-likeness (QED) is 0.139. The number of fused-ring (bicyclic) bond motifs is 6. The molecule has 0 saturated heterocycles. The van der Waals surface area contributed by atoms with Crippen molar-refractivity contribution < 1.29 is 0 Å². The largest absolute Gasteiger partial charge is 0.103 e. The van der Waals surface area contributed by atoms with Gasteiger partial charge in [-0.05, 0) is 100 Å². The van der Waals surface area contributed by atoms with Crippen molar-refractivity contribution in [2.24, 2.45) is 0 Å². The molecule has 180 valence electrons. The van der Waals surface area contributed by atoms with Gasteiger partial charge in [-0.2, -0.15) is 0 Å². The predicted molar refractivity (Wildman–Crippen MR) is 154 cm³/mol. The zero-order valence-electron chi connectivity index (χ0n) is 21.3. The maximum Gasteiger partial charge on any atom is -0.00106 e. The molecule has 0 spiro atoms. The second kappa shape index (κ2) is 10.3.